The molecule has 0 aliphatic heterocycles. The first kappa shape index (κ1) is 18.7. The summed E-state index contributed by atoms with van der Waals surface area (Å²) >= 11 is 0. The lowest BCUT2D eigenvalue weighted by Crippen LogP contribution is -2.29. The van der Waals surface area contributed by atoms with Crippen LogP contribution in [0.1, 0.15) is 32.0 Å². The number of carbonyl (C=O) groups is 3. The van der Waals surface area contributed by atoms with Crippen LogP contribution >= 0.6 is 0 Å². The number of aromatic hydroxyl groups is 1. The molecule has 0 bridgehead atoms. The van der Waals surface area contributed by atoms with E-state index in [1.54, 1.807) is 19.1 Å². The molecular weight excluding hydrogens is 340 g/mol. The van der Waals surface area contributed by atoms with Gasteiger partial charge in [-0.25, -0.2) is 0 Å². The molecular formula is C18H16N2O6. The lowest BCUT2D eigenvalue weighted by atomic mass is 10.1. The number of aryl methyl sites for hydroxylation is 1. The monoisotopic (exact) mass is 356 g/mol. The molecule has 1 heterocycles. The molecule has 4 N–H and O–H groups in total. The van der Waals surface area contributed by atoms with Crippen LogP contribution in [0.25, 0.3) is 6.08 Å². The lowest BCUT2D eigenvalue weighted by molar-refractivity contribution is -0.135. The van der Waals surface area contributed by atoms with Crippen LogP contribution in [0.15, 0.2) is 41.2 Å². The number of aromatic amines is 1. The van der Waals surface area contributed by atoms with Crippen molar-refractivity contribution in [1.29, 1.82) is 0 Å². The number of hydrogen-bond acceptors (Lipinski definition) is 5. The fourth-order valence-electron chi connectivity index (χ4n) is 2.17. The molecule has 1 aromatic carbocycles. The van der Waals surface area contributed by atoms with Crippen molar-refractivity contribution in [3.8, 4) is 5.75 Å². The standard InChI is InChI=1S/C18H16N2O6/c1-10-8-14(22)16(18(26)20-10)13(21)7-4-11-2-5-12(6-3-11)17(25)19-9-15(23)24/h2-8H,9H2,1H3,(H,19,25)(H,23,24)(H2,20,22,26)/b7-4+. The maximum atomic E-state index is 12.1. The molecule has 2 aromatic rings. The van der Waals surface area contributed by atoms with Crippen molar-refractivity contribution >= 4 is 23.7 Å². The number of aliphatic carboxylic acids is 1. The molecule has 0 aliphatic carbocycles. The highest BCUT2D eigenvalue weighted by Gasteiger charge is 2.14. The molecule has 0 unspecified atom stereocenters. The molecule has 0 spiro atoms. The molecule has 0 saturated heterocycles. The number of rotatable bonds is 6. The average Bonchev–Trinajstić information content (AvgIpc) is 2.57. The number of allylic oxidation sites excluding steroid dienone is 1. The van der Waals surface area contributed by atoms with Crippen molar-refractivity contribution in [3.63, 3.8) is 0 Å². The fraction of sp³-hybridized carbons (Fsp3) is 0.111. The molecule has 26 heavy (non-hydrogen) atoms. The van der Waals surface area contributed by atoms with Crippen molar-refractivity contribution in [2.45, 2.75) is 6.92 Å². The van der Waals surface area contributed by atoms with Gasteiger partial charge in [0, 0.05) is 11.3 Å². The topological polar surface area (TPSA) is 137 Å². The van der Waals surface area contributed by atoms with Crippen LogP contribution < -0.4 is 10.9 Å². The zero-order valence-corrected chi connectivity index (χ0v) is 13.8. The first-order valence-corrected chi connectivity index (χ1v) is 7.53. The van der Waals surface area contributed by atoms with Crippen molar-refractivity contribution in [2.24, 2.45) is 0 Å². The first-order chi connectivity index (χ1) is 12.3. The second-order valence-electron chi connectivity index (χ2n) is 5.44. The summed E-state index contributed by atoms with van der Waals surface area (Å²) in [4.78, 5) is 48.5. The lowest BCUT2D eigenvalue weighted by Gasteiger charge is -2.03. The van der Waals surface area contributed by atoms with Crippen molar-refractivity contribution in [2.75, 3.05) is 6.54 Å². The summed E-state index contributed by atoms with van der Waals surface area (Å²) in [7, 11) is 0. The van der Waals surface area contributed by atoms with E-state index in [9.17, 15) is 24.3 Å². The van der Waals surface area contributed by atoms with E-state index in [1.807, 2.05) is 0 Å². The molecule has 8 heteroatoms. The van der Waals surface area contributed by atoms with Gasteiger partial charge in [0.05, 0.1) is 0 Å². The van der Waals surface area contributed by atoms with E-state index < -0.39 is 35.5 Å². The maximum absolute atomic E-state index is 12.1. The van der Waals surface area contributed by atoms with E-state index in [-0.39, 0.29) is 11.1 Å². The molecule has 1 amide bonds. The quantitative estimate of drug-likeness (QED) is 0.452. The van der Waals surface area contributed by atoms with Gasteiger partial charge in [0.1, 0.15) is 17.9 Å². The number of nitrogens with one attached hydrogen (secondary N) is 2. The summed E-state index contributed by atoms with van der Waals surface area (Å²) in [5.41, 5.74) is 0.252. The summed E-state index contributed by atoms with van der Waals surface area (Å²) in [6.07, 6.45) is 2.57. The zero-order chi connectivity index (χ0) is 19.3. The molecule has 134 valence electrons. The Morgan fingerprint density at radius 3 is 2.42 bits per heavy atom. The van der Waals surface area contributed by atoms with Gasteiger partial charge >= 0.3 is 5.97 Å². The molecule has 2 rings (SSSR count). The van der Waals surface area contributed by atoms with Crippen LogP contribution in [-0.4, -0.2) is 39.4 Å². The second kappa shape index (κ2) is 7.93. The van der Waals surface area contributed by atoms with Gasteiger partial charge in [0.15, 0.2) is 5.78 Å². The van der Waals surface area contributed by atoms with E-state index in [0.717, 1.165) is 6.08 Å². The van der Waals surface area contributed by atoms with Gasteiger partial charge < -0.3 is 20.5 Å². The summed E-state index contributed by atoms with van der Waals surface area (Å²) in [5.74, 6) is -2.74. The number of carboxylic acid groups (broad SMARTS) is 1. The van der Waals surface area contributed by atoms with Crippen molar-refractivity contribution < 1.29 is 24.6 Å². The smallest absolute Gasteiger partial charge is 0.322 e. The second-order valence-corrected chi connectivity index (χ2v) is 5.44. The molecule has 0 saturated carbocycles. The molecule has 8 nitrogen and oxygen atoms in total. The Hall–Kier alpha value is -3.68. The number of aromatic nitrogens is 1. The van der Waals surface area contributed by atoms with E-state index in [1.165, 1.54) is 24.3 Å². The van der Waals surface area contributed by atoms with E-state index >= 15 is 0 Å². The highest BCUT2D eigenvalue weighted by atomic mass is 16.4. The largest absolute Gasteiger partial charge is 0.507 e. The Kier molecular flexibility index (Phi) is 5.69. The molecule has 0 fully saturated rings. The zero-order valence-electron chi connectivity index (χ0n) is 13.8. The van der Waals surface area contributed by atoms with Crippen LogP contribution in [0.4, 0.5) is 0 Å². The van der Waals surface area contributed by atoms with Gasteiger partial charge in [-0.3, -0.25) is 19.2 Å². The molecule has 0 radical (unpaired) electrons. The Labute approximate surface area is 147 Å². The number of carbonyl (C=O) groups excluding carboxylic acids is 2. The minimum atomic E-state index is -1.15. The summed E-state index contributed by atoms with van der Waals surface area (Å²) in [6, 6.07) is 7.33. The van der Waals surface area contributed by atoms with Gasteiger partial charge in [0.2, 0.25) is 0 Å². The summed E-state index contributed by atoms with van der Waals surface area (Å²) in [6.45, 7) is 1.10. The number of pyridine rings is 1. The minimum absolute atomic E-state index is 0.266. The van der Waals surface area contributed by atoms with Gasteiger partial charge in [-0.1, -0.05) is 18.2 Å². The van der Waals surface area contributed by atoms with E-state index in [0.29, 0.717) is 11.3 Å². The van der Waals surface area contributed by atoms with Gasteiger partial charge in [0.25, 0.3) is 11.5 Å². The van der Waals surface area contributed by atoms with Crippen molar-refractivity contribution in [3.05, 3.63) is 69.1 Å². The Morgan fingerprint density at radius 2 is 1.85 bits per heavy atom. The minimum Gasteiger partial charge on any atom is -0.507 e. The van der Waals surface area contributed by atoms with Crippen LogP contribution in [0.5, 0.6) is 5.75 Å². The highest BCUT2D eigenvalue weighted by molar-refractivity contribution is 6.08. The fourth-order valence-corrected chi connectivity index (χ4v) is 2.17. The third-order valence-electron chi connectivity index (χ3n) is 3.39. The normalized spacial score (nSPS) is 10.7. The van der Waals surface area contributed by atoms with E-state index in [2.05, 4.69) is 10.3 Å². The Morgan fingerprint density at radius 1 is 1.19 bits per heavy atom. The Balaban J connectivity index is 2.11. The summed E-state index contributed by atoms with van der Waals surface area (Å²) in [5, 5.41) is 20.5. The number of carboxylic acids is 1. The Bertz CT molecular complexity index is 941. The number of ketones is 1. The van der Waals surface area contributed by atoms with Gasteiger partial charge in [-0.15, -0.1) is 0 Å². The average molecular weight is 356 g/mol. The first-order valence-electron chi connectivity index (χ1n) is 7.53. The number of amides is 1. The maximum Gasteiger partial charge on any atom is 0.322 e. The third kappa shape index (κ3) is 4.67. The SMILES string of the molecule is Cc1cc(O)c(C(=O)/C=C/c2ccc(C(=O)NCC(=O)O)cc2)c(=O)[nH]1. The predicted octanol–water partition coefficient (Wildman–Crippen LogP) is 1.10. The number of H-pyrrole nitrogens is 1. The van der Waals surface area contributed by atoms with Crippen LogP contribution in [0, 0.1) is 6.92 Å². The molecule has 1 aromatic heterocycles. The van der Waals surface area contributed by atoms with Gasteiger partial charge in [-0.2, -0.15) is 0 Å². The van der Waals surface area contributed by atoms with Crippen LogP contribution in [0.3, 0.4) is 0 Å². The molecule has 0 atom stereocenters. The summed E-state index contributed by atoms with van der Waals surface area (Å²) < 4.78 is 0. The van der Waals surface area contributed by atoms with Crippen molar-refractivity contribution in [1.82, 2.24) is 10.3 Å². The number of hydrogen-bond donors (Lipinski definition) is 4. The van der Waals surface area contributed by atoms with Gasteiger partial charge in [-0.05, 0) is 36.8 Å². The van der Waals surface area contributed by atoms with E-state index in [4.69, 9.17) is 5.11 Å². The highest BCUT2D eigenvalue weighted by Crippen LogP contribution is 2.15. The molecule has 0 aliphatic rings. The van der Waals surface area contributed by atoms with Crippen LogP contribution in [-0.2, 0) is 4.79 Å². The predicted molar refractivity (Wildman–Crippen MR) is 93.2 cm³/mol. The third-order valence-corrected chi connectivity index (χ3v) is 3.39. The van der Waals surface area contributed by atoms with Crippen LogP contribution in [0.2, 0.25) is 0 Å². The number of benzene rings is 1.